The Labute approximate surface area is 165 Å². The summed E-state index contributed by atoms with van der Waals surface area (Å²) in [5, 5.41) is 8.58. The zero-order valence-electron chi connectivity index (χ0n) is 16.1. The van der Waals surface area contributed by atoms with Gasteiger partial charge in [-0.3, -0.25) is 4.79 Å². The van der Waals surface area contributed by atoms with E-state index in [1.165, 1.54) is 0 Å². The van der Waals surface area contributed by atoms with Gasteiger partial charge in [-0.2, -0.15) is 0 Å². The quantitative estimate of drug-likeness (QED) is 0.323. The number of carboxylic acid groups (broad SMARTS) is 1. The van der Waals surface area contributed by atoms with Gasteiger partial charge in [-0.1, -0.05) is 13.3 Å². The molecule has 2 rings (SSSR count). The van der Waals surface area contributed by atoms with Crippen LogP contribution in [0, 0.1) is 0 Å². The number of esters is 1. The van der Waals surface area contributed by atoms with Crippen molar-refractivity contribution in [1.82, 2.24) is 0 Å². The van der Waals surface area contributed by atoms with Gasteiger partial charge in [0, 0.05) is 6.42 Å². The second-order valence-corrected chi connectivity index (χ2v) is 6.29. The molecule has 0 saturated carbocycles. The van der Waals surface area contributed by atoms with Crippen LogP contribution in [0.25, 0.3) is 0 Å². The van der Waals surface area contributed by atoms with Crippen molar-refractivity contribution in [2.24, 2.45) is 0 Å². The Balaban J connectivity index is 1.78. The maximum atomic E-state index is 12.2. The Morgan fingerprint density at radius 3 is 1.89 bits per heavy atom. The summed E-state index contributed by atoms with van der Waals surface area (Å²) in [6.07, 6.45) is 3.45. The molecular formula is C22H26O6. The second-order valence-electron chi connectivity index (χ2n) is 6.29. The second kappa shape index (κ2) is 11.6. The summed E-state index contributed by atoms with van der Waals surface area (Å²) in [6.45, 7) is 3.21. The van der Waals surface area contributed by atoms with E-state index < -0.39 is 11.9 Å². The van der Waals surface area contributed by atoms with Crippen LogP contribution in [-0.2, 0) is 4.79 Å². The van der Waals surface area contributed by atoms with Gasteiger partial charge < -0.3 is 19.3 Å². The number of ether oxygens (including phenoxy) is 3. The number of unbranched alkanes of at least 4 members (excludes halogenated alkanes) is 2. The largest absolute Gasteiger partial charge is 0.494 e. The minimum atomic E-state index is -0.801. The highest BCUT2D eigenvalue weighted by Gasteiger charge is 2.09. The van der Waals surface area contributed by atoms with Crippen molar-refractivity contribution in [2.45, 2.75) is 39.0 Å². The molecule has 0 unspecified atom stereocenters. The van der Waals surface area contributed by atoms with Crippen LogP contribution in [0.2, 0.25) is 0 Å². The van der Waals surface area contributed by atoms with Crippen LogP contribution in [0.15, 0.2) is 48.5 Å². The van der Waals surface area contributed by atoms with E-state index in [0.717, 1.165) is 18.6 Å². The maximum Gasteiger partial charge on any atom is 0.343 e. The SMILES string of the molecule is CCCCOc1ccc(C(=O)Oc2ccc(OCCCCC(=O)O)cc2)cc1. The summed E-state index contributed by atoms with van der Waals surface area (Å²) < 4.78 is 16.5. The van der Waals surface area contributed by atoms with Gasteiger partial charge in [0.1, 0.15) is 17.2 Å². The molecule has 0 aliphatic rings. The smallest absolute Gasteiger partial charge is 0.343 e. The number of hydrogen-bond acceptors (Lipinski definition) is 5. The van der Waals surface area contributed by atoms with Crippen LogP contribution >= 0.6 is 0 Å². The van der Waals surface area contributed by atoms with Gasteiger partial charge in [-0.15, -0.1) is 0 Å². The van der Waals surface area contributed by atoms with Gasteiger partial charge in [-0.25, -0.2) is 4.79 Å². The van der Waals surface area contributed by atoms with E-state index >= 15 is 0 Å². The van der Waals surface area contributed by atoms with Crippen molar-refractivity contribution >= 4 is 11.9 Å². The molecule has 28 heavy (non-hydrogen) atoms. The third-order valence-electron chi connectivity index (χ3n) is 3.94. The third-order valence-corrected chi connectivity index (χ3v) is 3.94. The van der Waals surface area contributed by atoms with E-state index in [0.29, 0.717) is 43.1 Å². The Hall–Kier alpha value is -3.02. The van der Waals surface area contributed by atoms with Crippen LogP contribution in [0.4, 0.5) is 0 Å². The molecule has 0 saturated heterocycles. The third kappa shape index (κ3) is 7.70. The number of aliphatic carboxylic acids is 1. The van der Waals surface area contributed by atoms with Gasteiger partial charge in [0.05, 0.1) is 18.8 Å². The molecule has 2 aromatic rings. The number of carboxylic acids is 1. The molecule has 2 aromatic carbocycles. The summed E-state index contributed by atoms with van der Waals surface area (Å²) in [6, 6.07) is 13.6. The number of rotatable bonds is 12. The number of benzene rings is 2. The molecule has 0 aliphatic carbocycles. The molecule has 6 nitrogen and oxygen atoms in total. The van der Waals surface area contributed by atoms with Crippen LogP contribution < -0.4 is 14.2 Å². The molecule has 0 radical (unpaired) electrons. The lowest BCUT2D eigenvalue weighted by Crippen LogP contribution is -2.08. The fourth-order valence-electron chi connectivity index (χ4n) is 2.36. The predicted molar refractivity (Wildman–Crippen MR) is 105 cm³/mol. The number of carbonyl (C=O) groups is 2. The molecule has 0 aliphatic heterocycles. The first-order valence-electron chi connectivity index (χ1n) is 9.48. The van der Waals surface area contributed by atoms with Gasteiger partial charge in [0.2, 0.25) is 0 Å². The molecule has 0 amide bonds. The summed E-state index contributed by atoms with van der Waals surface area (Å²) >= 11 is 0. The van der Waals surface area contributed by atoms with E-state index in [4.69, 9.17) is 19.3 Å². The Morgan fingerprint density at radius 1 is 0.786 bits per heavy atom. The average molecular weight is 386 g/mol. The Bertz CT molecular complexity index is 737. The number of carbonyl (C=O) groups excluding carboxylic acids is 1. The monoisotopic (exact) mass is 386 g/mol. The van der Waals surface area contributed by atoms with E-state index in [9.17, 15) is 9.59 Å². The Morgan fingerprint density at radius 2 is 1.32 bits per heavy atom. The summed E-state index contributed by atoms with van der Waals surface area (Å²) in [7, 11) is 0. The van der Waals surface area contributed by atoms with Crippen molar-refractivity contribution in [3.8, 4) is 17.2 Å². The van der Waals surface area contributed by atoms with E-state index in [1.807, 2.05) is 0 Å². The van der Waals surface area contributed by atoms with Crippen LogP contribution in [0.5, 0.6) is 17.2 Å². The normalized spacial score (nSPS) is 10.3. The van der Waals surface area contributed by atoms with Crippen molar-refractivity contribution in [2.75, 3.05) is 13.2 Å². The molecule has 0 atom stereocenters. The van der Waals surface area contributed by atoms with Crippen LogP contribution in [0.3, 0.4) is 0 Å². The summed E-state index contributed by atoms with van der Waals surface area (Å²) in [5.74, 6) is 0.553. The van der Waals surface area contributed by atoms with Gasteiger partial charge in [0.15, 0.2) is 0 Å². The first-order chi connectivity index (χ1) is 13.6. The van der Waals surface area contributed by atoms with Gasteiger partial charge >= 0.3 is 11.9 Å². The van der Waals surface area contributed by atoms with E-state index in [-0.39, 0.29) is 6.42 Å². The molecule has 1 N–H and O–H groups in total. The van der Waals surface area contributed by atoms with Crippen molar-refractivity contribution in [3.63, 3.8) is 0 Å². The van der Waals surface area contributed by atoms with Crippen molar-refractivity contribution in [1.29, 1.82) is 0 Å². The fraction of sp³-hybridized carbons (Fsp3) is 0.364. The fourth-order valence-corrected chi connectivity index (χ4v) is 2.36. The summed E-state index contributed by atoms with van der Waals surface area (Å²) in [4.78, 5) is 22.7. The molecule has 6 heteroatoms. The maximum absolute atomic E-state index is 12.2. The molecule has 0 spiro atoms. The number of hydrogen-bond donors (Lipinski definition) is 1. The topological polar surface area (TPSA) is 82.1 Å². The standard InChI is InChI=1S/C22H26O6/c1-2-3-15-26-18-9-7-17(8-10-18)22(25)28-20-13-11-19(12-14-20)27-16-5-4-6-21(23)24/h7-14H,2-6,15-16H2,1H3,(H,23,24). The van der Waals surface area contributed by atoms with Crippen molar-refractivity contribution < 1.29 is 28.9 Å². The van der Waals surface area contributed by atoms with Gasteiger partial charge in [0.25, 0.3) is 0 Å². The lowest BCUT2D eigenvalue weighted by atomic mass is 10.2. The van der Waals surface area contributed by atoms with Crippen LogP contribution in [0.1, 0.15) is 49.4 Å². The predicted octanol–water partition coefficient (Wildman–Crippen LogP) is 4.72. The highest BCUT2D eigenvalue weighted by molar-refractivity contribution is 5.91. The molecule has 0 bridgehead atoms. The lowest BCUT2D eigenvalue weighted by Gasteiger charge is -2.08. The average Bonchev–Trinajstić information content (AvgIpc) is 2.69. The first kappa shape index (κ1) is 21.3. The zero-order valence-corrected chi connectivity index (χ0v) is 16.1. The van der Waals surface area contributed by atoms with Crippen molar-refractivity contribution in [3.05, 3.63) is 54.1 Å². The molecule has 0 aromatic heterocycles. The minimum Gasteiger partial charge on any atom is -0.494 e. The molecular weight excluding hydrogens is 360 g/mol. The highest BCUT2D eigenvalue weighted by atomic mass is 16.5. The van der Waals surface area contributed by atoms with E-state index in [1.54, 1.807) is 48.5 Å². The summed E-state index contributed by atoms with van der Waals surface area (Å²) in [5.41, 5.74) is 0.446. The molecule has 0 fully saturated rings. The lowest BCUT2D eigenvalue weighted by molar-refractivity contribution is -0.137. The van der Waals surface area contributed by atoms with E-state index in [2.05, 4.69) is 6.92 Å². The molecule has 150 valence electrons. The molecule has 0 heterocycles. The van der Waals surface area contributed by atoms with Crippen LogP contribution in [-0.4, -0.2) is 30.3 Å². The zero-order chi connectivity index (χ0) is 20.2. The van der Waals surface area contributed by atoms with Gasteiger partial charge in [-0.05, 0) is 67.8 Å². The highest BCUT2D eigenvalue weighted by Crippen LogP contribution is 2.20. The minimum absolute atomic E-state index is 0.143. The first-order valence-corrected chi connectivity index (χ1v) is 9.48. The Kier molecular flexibility index (Phi) is 8.85.